The summed E-state index contributed by atoms with van der Waals surface area (Å²) < 4.78 is 16.1. The van der Waals surface area contributed by atoms with E-state index in [1.807, 2.05) is 0 Å². The van der Waals surface area contributed by atoms with Gasteiger partial charge in [0.2, 0.25) is 6.10 Å². The number of hydrogen-bond donors (Lipinski definition) is 2. The molecule has 4 rings (SSSR count). The predicted octanol–water partition coefficient (Wildman–Crippen LogP) is 2.60. The van der Waals surface area contributed by atoms with Gasteiger partial charge in [0.05, 0.1) is 6.61 Å². The van der Waals surface area contributed by atoms with Crippen molar-refractivity contribution < 1.29 is 38.2 Å². The van der Waals surface area contributed by atoms with Gasteiger partial charge in [0, 0.05) is 50.5 Å². The van der Waals surface area contributed by atoms with Crippen molar-refractivity contribution in [1.82, 2.24) is 10.2 Å². The molecule has 2 aromatic carbocycles. The number of anilines is 2. The molecule has 4 amide bonds. The molecule has 0 spiro atoms. The Balaban J connectivity index is 1.44. The van der Waals surface area contributed by atoms with E-state index in [0.29, 0.717) is 23.5 Å². The summed E-state index contributed by atoms with van der Waals surface area (Å²) in [5.41, 5.74) is 2.47. The maximum absolute atomic E-state index is 13.5. The fraction of sp³-hybridized carbons (Fsp3) is 0.414. The van der Waals surface area contributed by atoms with Crippen molar-refractivity contribution in [2.24, 2.45) is 0 Å². The maximum Gasteiger partial charge on any atom is 0.407 e. The highest BCUT2D eigenvalue weighted by molar-refractivity contribution is 6.05. The lowest BCUT2D eigenvalue weighted by Gasteiger charge is -2.35. The fourth-order valence-electron chi connectivity index (χ4n) is 4.54. The van der Waals surface area contributed by atoms with Crippen LogP contribution in [0.15, 0.2) is 42.5 Å². The number of rotatable bonds is 7. The molecule has 1 fully saturated rings. The zero-order valence-electron chi connectivity index (χ0n) is 23.7. The van der Waals surface area contributed by atoms with Crippen molar-refractivity contribution in [2.75, 3.05) is 30.4 Å². The maximum atomic E-state index is 13.5. The van der Waals surface area contributed by atoms with E-state index in [2.05, 4.69) is 10.6 Å². The highest BCUT2D eigenvalue weighted by atomic mass is 16.6. The van der Waals surface area contributed by atoms with Crippen LogP contribution in [0.25, 0.3) is 0 Å². The lowest BCUT2D eigenvalue weighted by atomic mass is 10.1. The molecule has 2 aliphatic rings. The van der Waals surface area contributed by atoms with Gasteiger partial charge in [-0.15, -0.1) is 0 Å². The number of benzene rings is 2. The van der Waals surface area contributed by atoms with Crippen molar-refractivity contribution in [2.45, 2.75) is 58.6 Å². The minimum Gasteiger partial charge on any atom is -0.449 e. The first kappa shape index (κ1) is 29.5. The molecule has 12 heteroatoms. The number of carbonyl (C=O) groups is 5. The fourth-order valence-corrected chi connectivity index (χ4v) is 4.54. The summed E-state index contributed by atoms with van der Waals surface area (Å²) in [5, 5.41) is 5.32. The van der Waals surface area contributed by atoms with Crippen LogP contribution in [0, 0.1) is 0 Å². The lowest BCUT2D eigenvalue weighted by Crippen LogP contribution is -2.56. The Morgan fingerprint density at radius 3 is 2.46 bits per heavy atom. The van der Waals surface area contributed by atoms with Gasteiger partial charge in [0.15, 0.2) is 6.10 Å². The molecule has 41 heavy (non-hydrogen) atoms. The molecule has 2 heterocycles. The average Bonchev–Trinajstić information content (AvgIpc) is 3.18. The molecule has 0 aromatic heterocycles. The first-order chi connectivity index (χ1) is 19.3. The number of esters is 1. The normalized spacial score (nSPS) is 17.5. The van der Waals surface area contributed by atoms with E-state index in [0.717, 1.165) is 18.1 Å². The number of nitrogens with zero attached hydrogens (tertiary/aromatic N) is 2. The zero-order valence-corrected chi connectivity index (χ0v) is 23.7. The van der Waals surface area contributed by atoms with Crippen LogP contribution < -0.4 is 15.5 Å². The van der Waals surface area contributed by atoms with Crippen LogP contribution in [0.1, 0.15) is 49.2 Å². The molecule has 2 aliphatic heterocycles. The van der Waals surface area contributed by atoms with Crippen molar-refractivity contribution in [3.05, 3.63) is 59.2 Å². The van der Waals surface area contributed by atoms with Crippen LogP contribution in [0.5, 0.6) is 0 Å². The van der Waals surface area contributed by atoms with E-state index in [-0.39, 0.29) is 25.6 Å². The van der Waals surface area contributed by atoms with Gasteiger partial charge >= 0.3 is 12.1 Å². The van der Waals surface area contributed by atoms with Gasteiger partial charge in [-0.1, -0.05) is 12.1 Å². The van der Waals surface area contributed by atoms with Gasteiger partial charge in [-0.25, -0.2) is 4.79 Å². The molecule has 2 atom stereocenters. The van der Waals surface area contributed by atoms with Gasteiger partial charge in [-0.05, 0) is 62.2 Å². The molecule has 0 aliphatic carbocycles. The topological polar surface area (TPSA) is 144 Å². The monoisotopic (exact) mass is 566 g/mol. The van der Waals surface area contributed by atoms with Gasteiger partial charge in [0.1, 0.15) is 5.60 Å². The van der Waals surface area contributed by atoms with Gasteiger partial charge in [0.25, 0.3) is 17.7 Å². The molecular formula is C29H34N4O8. The molecule has 12 nitrogen and oxygen atoms in total. The molecule has 218 valence electrons. The molecular weight excluding hydrogens is 532 g/mol. The standard InChI is InChI=1S/C29H34N4O8/c1-17(34)40-23(25(35)31-20-8-6-18(7-9-20)15-30-28(38)41-29(2,3)4)24-27(37)33(12-13-39-24)21-10-11-22-19(14-21)16-32(5)26(22)36/h6-11,14,23-24H,12-13,15-16H2,1-5H3,(H,30,38)(H,31,35). The third-order valence-electron chi connectivity index (χ3n) is 6.39. The second-order valence-electron chi connectivity index (χ2n) is 10.9. The zero-order chi connectivity index (χ0) is 29.9. The number of nitrogens with one attached hydrogen (secondary N) is 2. The summed E-state index contributed by atoms with van der Waals surface area (Å²) in [6.45, 7) is 7.43. The van der Waals surface area contributed by atoms with Crippen molar-refractivity contribution in [3.63, 3.8) is 0 Å². The second-order valence-corrected chi connectivity index (χ2v) is 10.9. The Morgan fingerprint density at radius 2 is 1.80 bits per heavy atom. The van der Waals surface area contributed by atoms with Crippen LogP contribution in [0.2, 0.25) is 0 Å². The van der Waals surface area contributed by atoms with Crippen molar-refractivity contribution >= 4 is 41.2 Å². The summed E-state index contributed by atoms with van der Waals surface area (Å²) in [4.78, 5) is 65.8. The number of carbonyl (C=O) groups excluding carboxylic acids is 5. The van der Waals surface area contributed by atoms with Crippen LogP contribution in [0.4, 0.5) is 16.2 Å². The third-order valence-corrected chi connectivity index (χ3v) is 6.39. The minimum absolute atomic E-state index is 0.0864. The number of amides is 4. The Hall–Kier alpha value is -4.45. The second kappa shape index (κ2) is 12.0. The SMILES string of the molecule is CC(=O)OC(C(=O)Nc1ccc(CNC(=O)OC(C)(C)C)cc1)C1OCCN(c2ccc3c(c2)CN(C)C3=O)C1=O. The van der Waals surface area contributed by atoms with Gasteiger partial charge in [-0.2, -0.15) is 0 Å². The van der Waals surface area contributed by atoms with E-state index in [9.17, 15) is 24.0 Å². The lowest BCUT2D eigenvalue weighted by molar-refractivity contribution is -0.167. The summed E-state index contributed by atoms with van der Waals surface area (Å²) >= 11 is 0. The summed E-state index contributed by atoms with van der Waals surface area (Å²) in [7, 11) is 1.70. The Labute approximate surface area is 237 Å². The number of hydrogen-bond acceptors (Lipinski definition) is 8. The smallest absolute Gasteiger partial charge is 0.407 e. The Kier molecular flexibility index (Phi) is 8.62. The van der Waals surface area contributed by atoms with E-state index < -0.39 is 41.7 Å². The quantitative estimate of drug-likeness (QED) is 0.487. The first-order valence-corrected chi connectivity index (χ1v) is 13.2. The van der Waals surface area contributed by atoms with Gasteiger partial charge in [-0.3, -0.25) is 19.2 Å². The average molecular weight is 567 g/mol. The molecule has 2 aromatic rings. The number of fused-ring (bicyclic) bond motifs is 1. The molecule has 0 radical (unpaired) electrons. The molecule has 0 saturated carbocycles. The highest BCUT2D eigenvalue weighted by Crippen LogP contribution is 2.29. The van der Waals surface area contributed by atoms with E-state index in [4.69, 9.17) is 14.2 Å². The molecule has 0 bridgehead atoms. The van der Waals surface area contributed by atoms with Crippen LogP contribution >= 0.6 is 0 Å². The summed E-state index contributed by atoms with van der Waals surface area (Å²) in [5.74, 6) is -2.11. The largest absolute Gasteiger partial charge is 0.449 e. The third kappa shape index (κ3) is 7.20. The van der Waals surface area contributed by atoms with Crippen LogP contribution in [-0.4, -0.2) is 72.7 Å². The van der Waals surface area contributed by atoms with E-state index >= 15 is 0 Å². The molecule has 2 N–H and O–H groups in total. The van der Waals surface area contributed by atoms with E-state index in [1.54, 1.807) is 75.2 Å². The van der Waals surface area contributed by atoms with E-state index in [1.165, 1.54) is 4.90 Å². The van der Waals surface area contributed by atoms with Crippen molar-refractivity contribution in [3.8, 4) is 0 Å². The predicted molar refractivity (Wildman–Crippen MR) is 148 cm³/mol. The molecule has 2 unspecified atom stereocenters. The highest BCUT2D eigenvalue weighted by Gasteiger charge is 2.43. The van der Waals surface area contributed by atoms with Crippen LogP contribution in [-0.2, 0) is 41.7 Å². The molecule has 1 saturated heterocycles. The Bertz CT molecular complexity index is 1350. The van der Waals surface area contributed by atoms with Crippen LogP contribution in [0.3, 0.4) is 0 Å². The summed E-state index contributed by atoms with van der Waals surface area (Å²) in [6.07, 6.45) is -3.47. The minimum atomic E-state index is -1.54. The van der Waals surface area contributed by atoms with Crippen molar-refractivity contribution in [1.29, 1.82) is 0 Å². The number of morpholine rings is 1. The first-order valence-electron chi connectivity index (χ1n) is 13.2. The number of alkyl carbamates (subject to hydrolysis) is 1. The van der Waals surface area contributed by atoms with Gasteiger partial charge < -0.3 is 34.6 Å². The Morgan fingerprint density at radius 1 is 1.10 bits per heavy atom. The number of ether oxygens (including phenoxy) is 3. The summed E-state index contributed by atoms with van der Waals surface area (Å²) in [6, 6.07) is 11.8.